The molecule has 0 unspecified atom stereocenters. The molecule has 1 amide bonds. The predicted octanol–water partition coefficient (Wildman–Crippen LogP) is 1.72. The first-order chi connectivity index (χ1) is 11.6. The Balaban J connectivity index is 1.73. The molecule has 0 spiro atoms. The fourth-order valence-corrected chi connectivity index (χ4v) is 3.04. The van der Waals surface area contributed by atoms with E-state index >= 15 is 0 Å². The number of rotatable bonds is 5. The minimum atomic E-state index is -0.322. The lowest BCUT2D eigenvalue weighted by Gasteiger charge is -2.21. The Kier molecular flexibility index (Phi) is 4.92. The van der Waals surface area contributed by atoms with Crippen molar-refractivity contribution in [2.24, 2.45) is 0 Å². The van der Waals surface area contributed by atoms with Gasteiger partial charge in [-0.1, -0.05) is 0 Å². The maximum Gasteiger partial charge on any atom is 0.239 e. The molecule has 1 aromatic heterocycles. The van der Waals surface area contributed by atoms with E-state index in [1.54, 1.807) is 22.9 Å². The van der Waals surface area contributed by atoms with E-state index in [4.69, 9.17) is 0 Å². The van der Waals surface area contributed by atoms with Crippen LogP contribution in [0.15, 0.2) is 30.3 Å². The normalized spacial score (nSPS) is 18.0. The Bertz CT molecular complexity index is 714. The van der Waals surface area contributed by atoms with Gasteiger partial charge in [0.2, 0.25) is 5.91 Å². The van der Waals surface area contributed by atoms with Gasteiger partial charge >= 0.3 is 0 Å². The average Bonchev–Trinajstić information content (AvgIpc) is 3.14. The molecule has 0 radical (unpaired) electrons. The molecule has 2 heterocycles. The number of aromatic nitrogens is 2. The third-order valence-electron chi connectivity index (χ3n) is 4.23. The second-order valence-electron chi connectivity index (χ2n) is 6.06. The van der Waals surface area contributed by atoms with Gasteiger partial charge in [-0.05, 0) is 50.6 Å². The van der Waals surface area contributed by atoms with Crippen LogP contribution in [0.3, 0.4) is 0 Å². The summed E-state index contributed by atoms with van der Waals surface area (Å²) in [4.78, 5) is 14.3. The van der Waals surface area contributed by atoms with Crippen LogP contribution >= 0.6 is 0 Å². The number of nitrogens with zero attached hydrogens (tertiary/aromatic N) is 3. The summed E-state index contributed by atoms with van der Waals surface area (Å²) >= 11 is 0. The number of aliphatic hydroxyl groups excluding tert-OH is 1. The van der Waals surface area contributed by atoms with Crippen molar-refractivity contribution < 1.29 is 14.3 Å². The number of aryl methyl sites for hydroxylation is 1. The summed E-state index contributed by atoms with van der Waals surface area (Å²) in [5.41, 5.74) is 1.43. The van der Waals surface area contributed by atoms with E-state index in [2.05, 4.69) is 10.4 Å². The number of nitrogens with one attached hydrogen (secondary N) is 1. The van der Waals surface area contributed by atoms with Crippen molar-refractivity contribution in [1.29, 1.82) is 0 Å². The lowest BCUT2D eigenvalue weighted by Crippen LogP contribution is -2.38. The summed E-state index contributed by atoms with van der Waals surface area (Å²) in [7, 11) is 0. The summed E-state index contributed by atoms with van der Waals surface area (Å²) in [6.45, 7) is 2.95. The van der Waals surface area contributed by atoms with E-state index in [1.807, 2.05) is 11.8 Å². The third-order valence-corrected chi connectivity index (χ3v) is 4.23. The van der Waals surface area contributed by atoms with Crippen molar-refractivity contribution >= 4 is 11.7 Å². The Morgan fingerprint density at radius 2 is 2.17 bits per heavy atom. The fraction of sp³-hybridized carbons (Fsp3) is 0.412. The maximum absolute atomic E-state index is 13.1. The molecular formula is C17H21FN4O2. The van der Waals surface area contributed by atoms with Gasteiger partial charge in [0.25, 0.3) is 0 Å². The van der Waals surface area contributed by atoms with Crippen LogP contribution in [0.25, 0.3) is 5.69 Å². The van der Waals surface area contributed by atoms with Gasteiger partial charge in [0.15, 0.2) is 0 Å². The molecule has 1 aliphatic heterocycles. The highest BCUT2D eigenvalue weighted by molar-refractivity contribution is 5.91. The van der Waals surface area contributed by atoms with Gasteiger partial charge in [-0.2, -0.15) is 5.10 Å². The molecule has 0 saturated carbocycles. The summed E-state index contributed by atoms with van der Waals surface area (Å²) in [6, 6.07) is 7.76. The van der Waals surface area contributed by atoms with E-state index in [-0.39, 0.29) is 30.9 Å². The Hall–Kier alpha value is -2.25. The lowest BCUT2D eigenvalue weighted by atomic mass is 10.2. The summed E-state index contributed by atoms with van der Waals surface area (Å²) in [5, 5.41) is 16.6. The minimum absolute atomic E-state index is 0.0551. The van der Waals surface area contributed by atoms with E-state index in [0.717, 1.165) is 25.1 Å². The van der Waals surface area contributed by atoms with Gasteiger partial charge in [-0.25, -0.2) is 9.07 Å². The number of halogens is 1. The first kappa shape index (κ1) is 16.6. The summed E-state index contributed by atoms with van der Waals surface area (Å²) < 4.78 is 14.7. The number of benzene rings is 1. The highest BCUT2D eigenvalue weighted by Gasteiger charge is 2.25. The first-order valence-corrected chi connectivity index (χ1v) is 8.04. The van der Waals surface area contributed by atoms with Gasteiger partial charge in [0, 0.05) is 12.1 Å². The van der Waals surface area contributed by atoms with Gasteiger partial charge in [-0.3, -0.25) is 9.69 Å². The largest absolute Gasteiger partial charge is 0.395 e. The smallest absolute Gasteiger partial charge is 0.239 e. The molecule has 6 nitrogen and oxygen atoms in total. The highest BCUT2D eigenvalue weighted by atomic mass is 19.1. The number of hydrogen-bond acceptors (Lipinski definition) is 4. The van der Waals surface area contributed by atoms with Crippen LogP contribution in [0.1, 0.15) is 18.5 Å². The minimum Gasteiger partial charge on any atom is -0.395 e. The molecule has 24 heavy (non-hydrogen) atoms. The average molecular weight is 332 g/mol. The number of anilines is 1. The van der Waals surface area contributed by atoms with Gasteiger partial charge < -0.3 is 10.4 Å². The molecule has 2 aromatic rings. The van der Waals surface area contributed by atoms with Gasteiger partial charge in [-0.15, -0.1) is 0 Å². The second-order valence-corrected chi connectivity index (χ2v) is 6.06. The Morgan fingerprint density at radius 3 is 2.88 bits per heavy atom. The maximum atomic E-state index is 13.1. The van der Waals surface area contributed by atoms with Crippen LogP contribution in [0.4, 0.5) is 10.2 Å². The number of carbonyl (C=O) groups excluding carboxylic acids is 1. The second kappa shape index (κ2) is 7.11. The molecule has 1 saturated heterocycles. The molecule has 2 N–H and O–H groups in total. The quantitative estimate of drug-likeness (QED) is 0.875. The number of amides is 1. The lowest BCUT2D eigenvalue weighted by molar-refractivity contribution is -0.117. The van der Waals surface area contributed by atoms with Crippen LogP contribution in [-0.4, -0.2) is 51.4 Å². The number of aliphatic hydroxyl groups is 1. The fourth-order valence-electron chi connectivity index (χ4n) is 3.04. The molecule has 1 atom stereocenters. The molecule has 1 aliphatic rings. The van der Waals surface area contributed by atoms with Crippen molar-refractivity contribution in [2.45, 2.75) is 25.8 Å². The van der Waals surface area contributed by atoms with Crippen molar-refractivity contribution in [3.63, 3.8) is 0 Å². The van der Waals surface area contributed by atoms with Crippen molar-refractivity contribution in [3.05, 3.63) is 41.8 Å². The molecule has 7 heteroatoms. The Labute approximate surface area is 139 Å². The first-order valence-electron chi connectivity index (χ1n) is 8.04. The predicted molar refractivity (Wildman–Crippen MR) is 88.6 cm³/mol. The zero-order valence-corrected chi connectivity index (χ0v) is 13.6. The standard InChI is InChI=1S/C17H21FN4O2/c1-12-9-16(22(20-12)14-6-4-13(18)5-7-14)19-17(24)10-21-8-2-3-15(21)11-23/h4-7,9,15,23H,2-3,8,10-11H2,1H3,(H,19,24)/t15-/m1/s1. The molecule has 0 bridgehead atoms. The molecule has 3 rings (SSSR count). The van der Waals surface area contributed by atoms with Gasteiger partial charge in [0.05, 0.1) is 24.5 Å². The number of hydrogen-bond donors (Lipinski definition) is 2. The highest BCUT2D eigenvalue weighted by Crippen LogP contribution is 2.19. The van der Waals surface area contributed by atoms with Crippen LogP contribution in [0.5, 0.6) is 0 Å². The van der Waals surface area contributed by atoms with E-state index in [1.165, 1.54) is 12.1 Å². The van der Waals surface area contributed by atoms with Crippen molar-refractivity contribution in [3.8, 4) is 5.69 Å². The zero-order chi connectivity index (χ0) is 17.1. The van der Waals surface area contributed by atoms with Crippen LogP contribution in [0.2, 0.25) is 0 Å². The van der Waals surface area contributed by atoms with Crippen LogP contribution in [0, 0.1) is 12.7 Å². The monoisotopic (exact) mass is 332 g/mol. The summed E-state index contributed by atoms with van der Waals surface area (Å²) in [6.07, 6.45) is 1.90. The number of carbonyl (C=O) groups is 1. The van der Waals surface area contributed by atoms with E-state index in [0.29, 0.717) is 11.5 Å². The molecule has 0 aliphatic carbocycles. The topological polar surface area (TPSA) is 70.4 Å². The number of likely N-dealkylation sites (tertiary alicyclic amines) is 1. The molecule has 1 fully saturated rings. The van der Waals surface area contributed by atoms with E-state index in [9.17, 15) is 14.3 Å². The zero-order valence-electron chi connectivity index (χ0n) is 13.6. The van der Waals surface area contributed by atoms with E-state index < -0.39 is 0 Å². The molecular weight excluding hydrogens is 311 g/mol. The molecule has 128 valence electrons. The van der Waals surface area contributed by atoms with Crippen molar-refractivity contribution in [2.75, 3.05) is 25.0 Å². The third kappa shape index (κ3) is 3.63. The van der Waals surface area contributed by atoms with Crippen LogP contribution < -0.4 is 5.32 Å². The molecule has 1 aromatic carbocycles. The van der Waals surface area contributed by atoms with Crippen molar-refractivity contribution in [1.82, 2.24) is 14.7 Å². The van der Waals surface area contributed by atoms with Crippen LogP contribution in [-0.2, 0) is 4.79 Å². The van der Waals surface area contributed by atoms with Gasteiger partial charge in [0.1, 0.15) is 11.6 Å². The SMILES string of the molecule is Cc1cc(NC(=O)CN2CCC[C@@H]2CO)n(-c2ccc(F)cc2)n1. The summed E-state index contributed by atoms with van der Waals surface area (Å²) in [5.74, 6) is 0.0692. The Morgan fingerprint density at radius 1 is 1.42 bits per heavy atom.